The van der Waals surface area contributed by atoms with Crippen LogP contribution in [0.2, 0.25) is 0 Å². The Hall–Kier alpha value is -4.24. The summed E-state index contributed by atoms with van der Waals surface area (Å²) in [6.45, 7) is 8.72. The molecule has 0 saturated heterocycles. The summed E-state index contributed by atoms with van der Waals surface area (Å²) in [6.07, 6.45) is 7.73. The third-order valence-corrected chi connectivity index (χ3v) is 7.89. The van der Waals surface area contributed by atoms with Crippen molar-refractivity contribution in [2.45, 2.75) is 33.1 Å². The van der Waals surface area contributed by atoms with Gasteiger partial charge < -0.3 is 4.40 Å². The molecule has 4 heterocycles. The quantitative estimate of drug-likeness (QED) is 0.243. The van der Waals surface area contributed by atoms with Crippen LogP contribution in [0, 0.1) is 0 Å². The molecule has 0 amide bonds. The molecule has 36 heavy (non-hydrogen) atoms. The highest BCUT2D eigenvalue weighted by Crippen LogP contribution is 2.52. The topological polar surface area (TPSA) is 30.2 Å². The van der Waals surface area contributed by atoms with Crippen LogP contribution in [0.1, 0.15) is 38.8 Å². The third kappa shape index (κ3) is 2.52. The lowest BCUT2D eigenvalue weighted by atomic mass is 9.78. The minimum Gasteiger partial charge on any atom is -0.305 e. The maximum Gasteiger partial charge on any atom is 0.0725 e. The summed E-state index contributed by atoms with van der Waals surface area (Å²) in [5.41, 5.74) is 11.6. The molecule has 0 bridgehead atoms. The Kier molecular flexibility index (Phi) is 4.32. The molecule has 7 aromatic rings. The van der Waals surface area contributed by atoms with Crippen molar-refractivity contribution >= 4 is 38.1 Å². The molecule has 8 rings (SSSR count). The van der Waals surface area contributed by atoms with Gasteiger partial charge in [-0.1, -0.05) is 70.2 Å². The van der Waals surface area contributed by atoms with Gasteiger partial charge in [0.2, 0.25) is 0 Å². The Bertz CT molecular complexity index is 1860. The number of nitrogens with zero attached hydrogens (tertiary/aromatic N) is 3. The predicted octanol–water partition coefficient (Wildman–Crippen LogP) is 8.63. The van der Waals surface area contributed by atoms with Crippen LogP contribution in [-0.2, 0) is 5.41 Å². The first kappa shape index (κ1) is 21.1. The summed E-state index contributed by atoms with van der Waals surface area (Å²) in [6, 6.07) is 24.7. The Morgan fingerprint density at radius 2 is 1.22 bits per heavy atom. The number of fused-ring (bicyclic) bond motifs is 9. The Labute approximate surface area is 210 Å². The van der Waals surface area contributed by atoms with Crippen molar-refractivity contribution in [1.82, 2.24) is 14.4 Å². The van der Waals surface area contributed by atoms with Crippen LogP contribution in [0.3, 0.4) is 0 Å². The Morgan fingerprint density at radius 1 is 0.639 bits per heavy atom. The highest BCUT2D eigenvalue weighted by molar-refractivity contribution is 6.24. The van der Waals surface area contributed by atoms with E-state index in [1.807, 2.05) is 38.6 Å². The van der Waals surface area contributed by atoms with Gasteiger partial charge >= 0.3 is 0 Å². The molecular formula is C33H27N3. The van der Waals surface area contributed by atoms with Gasteiger partial charge in [0.25, 0.3) is 0 Å². The van der Waals surface area contributed by atoms with Crippen LogP contribution in [0.15, 0.2) is 91.5 Å². The fraction of sp³-hybridized carbons (Fsp3) is 0.152. The first-order valence-corrected chi connectivity index (χ1v) is 12.8. The van der Waals surface area contributed by atoms with Crippen LogP contribution in [0.4, 0.5) is 0 Å². The molecule has 0 saturated carbocycles. The molecule has 3 nitrogen and oxygen atoms in total. The van der Waals surface area contributed by atoms with E-state index in [2.05, 4.69) is 94.9 Å². The number of hydrogen-bond acceptors (Lipinski definition) is 2. The van der Waals surface area contributed by atoms with Crippen LogP contribution in [-0.4, -0.2) is 14.4 Å². The van der Waals surface area contributed by atoms with E-state index in [-0.39, 0.29) is 5.41 Å². The van der Waals surface area contributed by atoms with E-state index < -0.39 is 0 Å². The molecule has 0 N–H and O–H groups in total. The maximum absolute atomic E-state index is 4.44. The number of hydrogen-bond donors (Lipinski definition) is 0. The normalized spacial score (nSPS) is 13.8. The van der Waals surface area contributed by atoms with E-state index in [1.165, 1.54) is 60.4 Å². The van der Waals surface area contributed by atoms with Crippen molar-refractivity contribution in [3.8, 4) is 22.3 Å². The summed E-state index contributed by atoms with van der Waals surface area (Å²) >= 11 is 0. The van der Waals surface area contributed by atoms with Crippen molar-refractivity contribution in [2.75, 3.05) is 0 Å². The molecule has 1 aliphatic rings. The molecule has 0 fully saturated rings. The minimum atomic E-state index is -0.0580. The van der Waals surface area contributed by atoms with Gasteiger partial charge in [0, 0.05) is 39.4 Å². The molecule has 0 atom stereocenters. The predicted molar refractivity (Wildman–Crippen MR) is 151 cm³/mol. The van der Waals surface area contributed by atoms with E-state index in [9.17, 15) is 0 Å². The molecule has 1 aliphatic carbocycles. The number of pyridine rings is 2. The van der Waals surface area contributed by atoms with Gasteiger partial charge in [0.05, 0.1) is 28.9 Å². The zero-order chi connectivity index (χ0) is 24.6. The summed E-state index contributed by atoms with van der Waals surface area (Å²) in [5, 5.41) is 5.01. The number of aromatic nitrogens is 3. The van der Waals surface area contributed by atoms with Crippen LogP contribution >= 0.6 is 0 Å². The van der Waals surface area contributed by atoms with Crippen molar-refractivity contribution < 1.29 is 0 Å². The summed E-state index contributed by atoms with van der Waals surface area (Å²) < 4.78 is 2.33. The van der Waals surface area contributed by atoms with Gasteiger partial charge in [0.15, 0.2) is 0 Å². The Balaban J connectivity index is 0.00000108. The second-order valence-electron chi connectivity index (χ2n) is 9.94. The van der Waals surface area contributed by atoms with Gasteiger partial charge in [-0.05, 0) is 57.6 Å². The molecule has 3 heteroatoms. The molecule has 0 radical (unpaired) electrons. The van der Waals surface area contributed by atoms with Crippen LogP contribution in [0.25, 0.3) is 60.3 Å². The van der Waals surface area contributed by atoms with E-state index in [0.29, 0.717) is 0 Å². The lowest BCUT2D eigenvalue weighted by Gasteiger charge is -2.24. The van der Waals surface area contributed by atoms with Crippen molar-refractivity contribution in [2.24, 2.45) is 0 Å². The molecule has 4 aromatic heterocycles. The second-order valence-corrected chi connectivity index (χ2v) is 9.94. The fourth-order valence-electron chi connectivity index (χ4n) is 6.48. The molecule has 3 aromatic carbocycles. The number of rotatable bonds is 1. The van der Waals surface area contributed by atoms with E-state index in [1.54, 1.807) is 0 Å². The van der Waals surface area contributed by atoms with E-state index in [0.717, 1.165) is 11.0 Å². The fourth-order valence-corrected chi connectivity index (χ4v) is 6.48. The van der Waals surface area contributed by atoms with Gasteiger partial charge in [-0.25, -0.2) is 0 Å². The third-order valence-electron chi connectivity index (χ3n) is 7.89. The van der Waals surface area contributed by atoms with Gasteiger partial charge in [-0.2, -0.15) is 0 Å². The minimum absolute atomic E-state index is 0.0580. The molecular weight excluding hydrogens is 438 g/mol. The van der Waals surface area contributed by atoms with E-state index in [4.69, 9.17) is 0 Å². The maximum atomic E-state index is 4.44. The SMILES string of the molecule is CC.CC1(C)c2ccccc2-c2cccc(-c3cc4c5ccncc5n5c6cnccc6c(c3)c45)c21. The van der Waals surface area contributed by atoms with Gasteiger partial charge in [-0.3, -0.25) is 9.97 Å². The Morgan fingerprint density at radius 3 is 1.89 bits per heavy atom. The molecule has 174 valence electrons. The first-order valence-electron chi connectivity index (χ1n) is 12.8. The van der Waals surface area contributed by atoms with Gasteiger partial charge in [-0.15, -0.1) is 0 Å². The summed E-state index contributed by atoms with van der Waals surface area (Å²) in [7, 11) is 0. The van der Waals surface area contributed by atoms with Crippen molar-refractivity contribution in [3.05, 3.63) is 103 Å². The molecule has 0 spiro atoms. The zero-order valence-electron chi connectivity index (χ0n) is 21.0. The summed E-state index contributed by atoms with van der Waals surface area (Å²) in [4.78, 5) is 8.88. The highest BCUT2D eigenvalue weighted by Gasteiger charge is 2.37. The lowest BCUT2D eigenvalue weighted by molar-refractivity contribution is 0.662. The van der Waals surface area contributed by atoms with Crippen LogP contribution < -0.4 is 0 Å². The van der Waals surface area contributed by atoms with Crippen LogP contribution in [0.5, 0.6) is 0 Å². The largest absolute Gasteiger partial charge is 0.305 e. The molecule has 0 aliphatic heterocycles. The average molecular weight is 466 g/mol. The van der Waals surface area contributed by atoms with Crippen molar-refractivity contribution in [1.29, 1.82) is 0 Å². The standard InChI is InChI=1S/C31H21N3.C2H6/c1-31(2)26-9-4-3-6-20(26)23-8-5-7-19(29(23)31)18-14-24-21-10-12-32-16-27(21)34-28-17-33-13-11-22(28)25(15-18)30(24)34;1-2/h3-17H,1-2H3;1-2H3. The summed E-state index contributed by atoms with van der Waals surface area (Å²) in [5.74, 6) is 0. The average Bonchev–Trinajstić information content (AvgIpc) is 3.53. The van der Waals surface area contributed by atoms with Gasteiger partial charge in [0.1, 0.15) is 0 Å². The lowest BCUT2D eigenvalue weighted by Crippen LogP contribution is -2.16. The second kappa shape index (κ2) is 7.38. The van der Waals surface area contributed by atoms with E-state index >= 15 is 0 Å². The number of benzene rings is 3. The first-order chi connectivity index (χ1) is 17.6. The zero-order valence-corrected chi connectivity index (χ0v) is 21.0. The smallest absolute Gasteiger partial charge is 0.0725 e. The monoisotopic (exact) mass is 465 g/mol. The van der Waals surface area contributed by atoms with Crippen molar-refractivity contribution in [3.63, 3.8) is 0 Å². The highest BCUT2D eigenvalue weighted by atomic mass is 14.9. The molecule has 0 unspecified atom stereocenters.